The zero-order valence-electron chi connectivity index (χ0n) is 16.1. The second-order valence-corrected chi connectivity index (χ2v) is 7.14. The number of hydrogen-bond donors (Lipinski definition) is 3. The maximum absolute atomic E-state index is 12.4. The molecule has 0 aliphatic heterocycles. The Labute approximate surface area is 156 Å². The van der Waals surface area contributed by atoms with Gasteiger partial charge < -0.3 is 20.3 Å². The molecule has 1 aliphatic rings. The number of anilines is 1. The van der Waals surface area contributed by atoms with E-state index in [-0.39, 0.29) is 24.4 Å². The van der Waals surface area contributed by atoms with Crippen LogP contribution in [0.3, 0.4) is 0 Å². The lowest BCUT2D eigenvalue weighted by molar-refractivity contribution is -0.881. The predicted molar refractivity (Wildman–Crippen MR) is 102 cm³/mol. The normalized spacial score (nSPS) is 20.9. The van der Waals surface area contributed by atoms with Crippen LogP contribution in [0.2, 0.25) is 0 Å². The van der Waals surface area contributed by atoms with Crippen LogP contribution in [0.5, 0.6) is 5.75 Å². The van der Waals surface area contributed by atoms with E-state index in [9.17, 15) is 9.59 Å². The molecule has 26 heavy (non-hydrogen) atoms. The molecule has 1 unspecified atom stereocenters. The predicted octanol–water partition coefficient (Wildman–Crippen LogP) is 1.23. The Morgan fingerprint density at radius 1 is 1.15 bits per heavy atom. The molecule has 1 fully saturated rings. The summed E-state index contributed by atoms with van der Waals surface area (Å²) in [7, 11) is 1.57. The van der Waals surface area contributed by atoms with Gasteiger partial charge in [-0.3, -0.25) is 9.59 Å². The van der Waals surface area contributed by atoms with E-state index in [1.165, 1.54) is 19.3 Å². The standard InChI is InChI=1S/C20H31N3O3/c1-4-23(13-19(24)21-16-10-6-5-9-15(16)2)14-20(25)22-17-11-7-8-12-18(17)26-3/h7-8,11-12,15-16H,4-6,9-10,13-14H2,1-3H3,(H,21,24)(H,22,25)/p+1/t15-,16-/m0/s1. The van der Waals surface area contributed by atoms with Gasteiger partial charge in [-0.1, -0.05) is 31.9 Å². The van der Waals surface area contributed by atoms with Crippen LogP contribution in [-0.4, -0.2) is 44.6 Å². The number of likely N-dealkylation sites (N-methyl/N-ethyl adjacent to an activating group) is 1. The molecule has 0 bridgehead atoms. The molecule has 0 saturated heterocycles. The zero-order chi connectivity index (χ0) is 18.9. The Bertz CT molecular complexity index is 606. The van der Waals surface area contributed by atoms with Crippen LogP contribution in [0.15, 0.2) is 24.3 Å². The Morgan fingerprint density at radius 3 is 2.54 bits per heavy atom. The second kappa shape index (κ2) is 10.2. The first kappa shape index (κ1) is 20.2. The molecule has 0 spiro atoms. The van der Waals surface area contributed by atoms with Crippen LogP contribution < -0.4 is 20.3 Å². The smallest absolute Gasteiger partial charge is 0.279 e. The van der Waals surface area contributed by atoms with Gasteiger partial charge in [0.05, 0.1) is 19.3 Å². The van der Waals surface area contributed by atoms with Crippen molar-refractivity contribution in [2.75, 3.05) is 32.1 Å². The van der Waals surface area contributed by atoms with Crippen LogP contribution in [0, 0.1) is 5.92 Å². The fourth-order valence-corrected chi connectivity index (χ4v) is 3.50. The number of benzene rings is 1. The third-order valence-corrected chi connectivity index (χ3v) is 5.16. The lowest BCUT2D eigenvalue weighted by atomic mass is 9.86. The number of para-hydroxylation sites is 2. The molecule has 2 rings (SSSR count). The largest absolute Gasteiger partial charge is 0.495 e. The minimum atomic E-state index is -0.120. The summed E-state index contributed by atoms with van der Waals surface area (Å²) in [5.41, 5.74) is 0.649. The van der Waals surface area contributed by atoms with E-state index in [1.54, 1.807) is 19.2 Å². The van der Waals surface area contributed by atoms with Gasteiger partial charge in [0, 0.05) is 6.04 Å². The molecule has 1 aliphatic carbocycles. The summed E-state index contributed by atoms with van der Waals surface area (Å²) in [5, 5.41) is 6.03. The monoisotopic (exact) mass is 362 g/mol. The molecule has 6 nitrogen and oxygen atoms in total. The van der Waals surface area contributed by atoms with Gasteiger partial charge in [0.15, 0.2) is 13.1 Å². The molecule has 3 atom stereocenters. The van der Waals surface area contributed by atoms with Gasteiger partial charge >= 0.3 is 0 Å². The topological polar surface area (TPSA) is 71.9 Å². The summed E-state index contributed by atoms with van der Waals surface area (Å²) in [6.45, 7) is 5.48. The minimum absolute atomic E-state index is 0.0330. The maximum Gasteiger partial charge on any atom is 0.279 e. The molecule has 0 radical (unpaired) electrons. The average Bonchev–Trinajstić information content (AvgIpc) is 2.63. The van der Waals surface area contributed by atoms with Gasteiger partial charge in [-0.25, -0.2) is 0 Å². The highest BCUT2D eigenvalue weighted by Gasteiger charge is 2.25. The second-order valence-electron chi connectivity index (χ2n) is 7.14. The quantitative estimate of drug-likeness (QED) is 0.651. The van der Waals surface area contributed by atoms with E-state index in [4.69, 9.17) is 4.74 Å². The number of amides is 2. The Morgan fingerprint density at radius 2 is 1.85 bits per heavy atom. The molecule has 2 amide bonds. The first-order valence-corrected chi connectivity index (χ1v) is 9.59. The molecule has 6 heteroatoms. The van der Waals surface area contributed by atoms with Crippen molar-refractivity contribution in [1.82, 2.24) is 5.32 Å². The van der Waals surface area contributed by atoms with Gasteiger partial charge in [-0.2, -0.15) is 0 Å². The number of rotatable bonds is 8. The van der Waals surface area contributed by atoms with Crippen molar-refractivity contribution >= 4 is 17.5 Å². The zero-order valence-corrected chi connectivity index (χ0v) is 16.1. The summed E-state index contributed by atoms with van der Waals surface area (Å²) in [6.07, 6.45) is 4.67. The SMILES string of the molecule is CC[NH+](CC(=O)Nc1ccccc1OC)CC(=O)N[C@H]1CCCC[C@@H]1C. The molecule has 0 aromatic heterocycles. The number of carbonyl (C=O) groups is 2. The van der Waals surface area contributed by atoms with Crippen LogP contribution in [0.25, 0.3) is 0 Å². The summed E-state index contributed by atoms with van der Waals surface area (Å²) < 4.78 is 5.25. The highest BCUT2D eigenvalue weighted by molar-refractivity contribution is 5.93. The van der Waals surface area contributed by atoms with Crippen LogP contribution in [-0.2, 0) is 9.59 Å². The number of nitrogens with one attached hydrogen (secondary N) is 3. The van der Waals surface area contributed by atoms with Crippen molar-refractivity contribution < 1.29 is 19.2 Å². The van der Waals surface area contributed by atoms with Crippen LogP contribution in [0.4, 0.5) is 5.69 Å². The third kappa shape index (κ3) is 6.02. The number of carbonyl (C=O) groups excluding carboxylic acids is 2. The maximum atomic E-state index is 12.4. The van der Waals surface area contributed by atoms with Crippen LogP contribution >= 0.6 is 0 Å². The fourth-order valence-electron chi connectivity index (χ4n) is 3.50. The molecule has 1 saturated carbocycles. The van der Waals surface area contributed by atoms with E-state index < -0.39 is 0 Å². The highest BCUT2D eigenvalue weighted by atomic mass is 16.5. The van der Waals surface area contributed by atoms with Gasteiger partial charge in [-0.15, -0.1) is 0 Å². The number of quaternary nitrogens is 1. The molecule has 3 N–H and O–H groups in total. The van der Waals surface area contributed by atoms with Crippen LogP contribution in [0.1, 0.15) is 39.5 Å². The molecular formula is C20H32N3O3+. The van der Waals surface area contributed by atoms with E-state index in [0.29, 0.717) is 30.4 Å². The average molecular weight is 362 g/mol. The van der Waals surface area contributed by atoms with Gasteiger partial charge in [0.2, 0.25) is 0 Å². The number of hydrogen-bond acceptors (Lipinski definition) is 3. The minimum Gasteiger partial charge on any atom is -0.495 e. The summed E-state index contributed by atoms with van der Waals surface area (Å²) in [5.74, 6) is 1.07. The van der Waals surface area contributed by atoms with E-state index in [0.717, 1.165) is 11.3 Å². The first-order valence-electron chi connectivity index (χ1n) is 9.59. The number of methoxy groups -OCH3 is 1. The van der Waals surface area contributed by atoms with E-state index >= 15 is 0 Å². The Hall–Kier alpha value is -2.08. The molecule has 144 valence electrons. The summed E-state index contributed by atoms with van der Waals surface area (Å²) >= 11 is 0. The molecule has 1 aromatic rings. The summed E-state index contributed by atoms with van der Waals surface area (Å²) in [6, 6.07) is 7.59. The van der Waals surface area contributed by atoms with Crippen molar-refractivity contribution in [2.45, 2.75) is 45.6 Å². The first-order chi connectivity index (χ1) is 12.5. The lowest BCUT2D eigenvalue weighted by Crippen LogP contribution is -3.14. The Kier molecular flexibility index (Phi) is 7.91. The Balaban J connectivity index is 1.83. The van der Waals surface area contributed by atoms with E-state index in [1.807, 2.05) is 19.1 Å². The van der Waals surface area contributed by atoms with Gasteiger partial charge in [-0.05, 0) is 37.8 Å². The van der Waals surface area contributed by atoms with Gasteiger partial charge in [0.1, 0.15) is 5.75 Å². The van der Waals surface area contributed by atoms with E-state index in [2.05, 4.69) is 17.6 Å². The van der Waals surface area contributed by atoms with Gasteiger partial charge in [0.25, 0.3) is 11.8 Å². The lowest BCUT2D eigenvalue weighted by Gasteiger charge is -2.29. The van der Waals surface area contributed by atoms with Crippen molar-refractivity contribution in [3.05, 3.63) is 24.3 Å². The third-order valence-electron chi connectivity index (χ3n) is 5.16. The highest BCUT2D eigenvalue weighted by Crippen LogP contribution is 2.23. The molecule has 0 heterocycles. The number of ether oxygens (including phenoxy) is 1. The van der Waals surface area contributed by atoms with Crippen molar-refractivity contribution in [3.8, 4) is 5.75 Å². The van der Waals surface area contributed by atoms with Crippen molar-refractivity contribution in [1.29, 1.82) is 0 Å². The van der Waals surface area contributed by atoms with Crippen molar-refractivity contribution in [3.63, 3.8) is 0 Å². The molecular weight excluding hydrogens is 330 g/mol. The molecule has 1 aromatic carbocycles. The summed E-state index contributed by atoms with van der Waals surface area (Å²) in [4.78, 5) is 25.7. The van der Waals surface area contributed by atoms with Crippen molar-refractivity contribution in [2.24, 2.45) is 5.92 Å². The fraction of sp³-hybridized carbons (Fsp3) is 0.600.